The average Bonchev–Trinajstić information content (AvgIpc) is 3.56. The number of likely N-dealkylation sites (N-methyl/N-ethyl adjacent to an activating group) is 1. The topological polar surface area (TPSA) is 178 Å². The summed E-state index contributed by atoms with van der Waals surface area (Å²) in [7, 11) is 1.92. The fourth-order valence-corrected chi connectivity index (χ4v) is 5.10. The van der Waals surface area contributed by atoms with E-state index in [1.165, 1.54) is 0 Å². The van der Waals surface area contributed by atoms with Gasteiger partial charge in [0.1, 0.15) is 24.5 Å². The van der Waals surface area contributed by atoms with Gasteiger partial charge in [-0.25, -0.2) is 9.69 Å². The van der Waals surface area contributed by atoms with Crippen LogP contribution >= 0.6 is 0 Å². The number of rotatable bonds is 8. The van der Waals surface area contributed by atoms with Crippen LogP contribution in [0.25, 0.3) is 0 Å². The first-order valence-electron chi connectivity index (χ1n) is 12.3. The molecule has 0 aromatic heterocycles. The second-order valence-electron chi connectivity index (χ2n) is 9.57. The molecule has 4 heterocycles. The molecule has 9 N–H and O–H groups in total. The van der Waals surface area contributed by atoms with E-state index in [9.17, 15) is 15.0 Å². The molecule has 36 heavy (non-hydrogen) atoms. The van der Waals surface area contributed by atoms with E-state index in [-0.39, 0.29) is 31.2 Å². The van der Waals surface area contributed by atoms with Gasteiger partial charge in [0.15, 0.2) is 11.5 Å². The van der Waals surface area contributed by atoms with Gasteiger partial charge in [0.2, 0.25) is 6.79 Å². The third kappa shape index (κ3) is 5.37. The summed E-state index contributed by atoms with van der Waals surface area (Å²) in [4.78, 5) is 16.2. The van der Waals surface area contributed by atoms with Gasteiger partial charge in [-0.1, -0.05) is 0 Å². The quantitative estimate of drug-likeness (QED) is 0.171. The van der Waals surface area contributed by atoms with Crippen molar-refractivity contribution in [3.05, 3.63) is 18.2 Å². The number of carbonyl (C=O) groups excluding carboxylic acids is 1. The fourth-order valence-electron chi connectivity index (χ4n) is 5.10. The van der Waals surface area contributed by atoms with Gasteiger partial charge in [0.05, 0.1) is 25.0 Å². The lowest BCUT2D eigenvalue weighted by Crippen LogP contribution is -2.68. The summed E-state index contributed by atoms with van der Waals surface area (Å²) in [6.45, 7) is 2.83. The molecule has 3 fully saturated rings. The molecule has 4 aliphatic heterocycles. The molecule has 3 saturated heterocycles. The van der Waals surface area contributed by atoms with Crippen LogP contribution in [-0.2, 0) is 4.74 Å². The van der Waals surface area contributed by atoms with Crippen molar-refractivity contribution in [2.75, 3.05) is 52.1 Å². The molecule has 14 heteroatoms. The van der Waals surface area contributed by atoms with E-state index in [0.717, 1.165) is 0 Å². The number of ether oxygens (including phenoxy) is 3. The minimum Gasteiger partial charge on any atom is -0.454 e. The number of benzene rings is 1. The number of urea groups is 1. The van der Waals surface area contributed by atoms with Gasteiger partial charge in [0, 0.05) is 31.5 Å². The van der Waals surface area contributed by atoms with E-state index in [1.54, 1.807) is 18.2 Å². The predicted molar refractivity (Wildman–Crippen MR) is 129 cm³/mol. The van der Waals surface area contributed by atoms with Crippen molar-refractivity contribution in [3.8, 4) is 11.5 Å². The molecule has 3 unspecified atom stereocenters. The van der Waals surface area contributed by atoms with E-state index in [0.29, 0.717) is 56.6 Å². The molecule has 14 nitrogen and oxygen atoms in total. The Kier molecular flexibility index (Phi) is 7.76. The number of amides is 2. The van der Waals surface area contributed by atoms with Crippen molar-refractivity contribution in [3.63, 3.8) is 0 Å². The van der Waals surface area contributed by atoms with Crippen LogP contribution in [0, 0.1) is 0 Å². The summed E-state index contributed by atoms with van der Waals surface area (Å²) in [5, 5.41) is 36.8. The minimum atomic E-state index is -1.03. The fraction of sp³-hybridized carbons (Fsp3) is 0.682. The van der Waals surface area contributed by atoms with E-state index in [4.69, 9.17) is 19.9 Å². The zero-order chi connectivity index (χ0) is 25.2. The average molecular weight is 509 g/mol. The van der Waals surface area contributed by atoms with Gasteiger partial charge >= 0.3 is 6.03 Å². The Hall–Kier alpha value is -2.27. The first kappa shape index (κ1) is 25.4. The van der Waals surface area contributed by atoms with E-state index in [1.807, 2.05) is 16.8 Å². The standard InChI is InChI=1S/C22H36N8O6/c1-29(6-2-5-24-22(33)28-12-3-4-13-14(7-12)35-11-34-13)8-15-17(31)18(32)21(36-15)30-10-27-16-19(23)25-9-26-20(16)30/h3-4,7,15-21,25-27,31-32H,2,5-6,8-11,23H2,1H3,(H2,24,28,33)/t15-,16?,17-,18-,19?,20?,21-/m1/s1. The lowest BCUT2D eigenvalue weighted by Gasteiger charge is -2.38. The third-order valence-corrected chi connectivity index (χ3v) is 7.03. The SMILES string of the molecule is CN(CCCNC(=O)Nc1ccc2c(c1)OCO2)C[C@H]1O[C@@H](N2CNC3C(N)NCNC32)[C@H](O)[C@@H]1O. The highest BCUT2D eigenvalue weighted by molar-refractivity contribution is 5.89. The molecule has 0 aliphatic carbocycles. The summed E-state index contributed by atoms with van der Waals surface area (Å²) in [5.41, 5.74) is 6.75. The molecule has 1 aromatic rings. The molecule has 200 valence electrons. The van der Waals surface area contributed by atoms with Crippen LogP contribution in [0.3, 0.4) is 0 Å². The number of nitrogens with zero attached hydrogens (tertiary/aromatic N) is 2. The maximum Gasteiger partial charge on any atom is 0.319 e. The Bertz CT molecular complexity index is 927. The molecular weight excluding hydrogens is 472 g/mol. The number of anilines is 1. The summed E-state index contributed by atoms with van der Waals surface area (Å²) in [5.74, 6) is 1.27. The highest BCUT2D eigenvalue weighted by atomic mass is 16.7. The second-order valence-corrected chi connectivity index (χ2v) is 9.57. The van der Waals surface area contributed by atoms with Crippen molar-refractivity contribution in [1.29, 1.82) is 0 Å². The number of fused-ring (bicyclic) bond motifs is 2. The van der Waals surface area contributed by atoms with Crippen molar-refractivity contribution in [1.82, 2.24) is 31.1 Å². The molecule has 0 spiro atoms. The number of nitrogens with two attached hydrogens (primary N) is 1. The van der Waals surface area contributed by atoms with Crippen LogP contribution in [0.15, 0.2) is 18.2 Å². The molecule has 0 radical (unpaired) electrons. The van der Waals surface area contributed by atoms with Crippen LogP contribution < -0.4 is 41.8 Å². The zero-order valence-electron chi connectivity index (χ0n) is 20.2. The minimum absolute atomic E-state index is 0.0249. The molecule has 0 bridgehead atoms. The molecular formula is C22H36N8O6. The normalized spacial score (nSPS) is 33.6. The molecule has 2 amide bonds. The van der Waals surface area contributed by atoms with Gasteiger partial charge in [-0.15, -0.1) is 0 Å². The molecule has 4 aliphatic rings. The number of aliphatic hydroxyl groups is 2. The predicted octanol–water partition coefficient (Wildman–Crippen LogP) is -2.70. The van der Waals surface area contributed by atoms with E-state index in [2.05, 4.69) is 26.6 Å². The van der Waals surface area contributed by atoms with Gasteiger partial charge < -0.3 is 45.7 Å². The van der Waals surface area contributed by atoms with Crippen molar-refractivity contribution in [2.45, 2.75) is 49.3 Å². The maximum atomic E-state index is 12.2. The van der Waals surface area contributed by atoms with Crippen molar-refractivity contribution in [2.24, 2.45) is 5.73 Å². The molecule has 5 rings (SSSR count). The first-order chi connectivity index (χ1) is 17.4. The number of hydrogen-bond donors (Lipinski definition) is 8. The lowest BCUT2D eigenvalue weighted by molar-refractivity contribution is -0.106. The summed E-state index contributed by atoms with van der Waals surface area (Å²) < 4.78 is 16.7. The van der Waals surface area contributed by atoms with Crippen LogP contribution in [0.2, 0.25) is 0 Å². The number of carbonyl (C=O) groups is 1. The Morgan fingerprint density at radius 2 is 2.06 bits per heavy atom. The Morgan fingerprint density at radius 1 is 1.22 bits per heavy atom. The largest absolute Gasteiger partial charge is 0.454 e. The van der Waals surface area contributed by atoms with Gasteiger partial charge in [0.25, 0.3) is 0 Å². The molecule has 0 saturated carbocycles. The van der Waals surface area contributed by atoms with Gasteiger partial charge in [-0.2, -0.15) is 0 Å². The Labute approximate surface area is 209 Å². The van der Waals surface area contributed by atoms with Gasteiger partial charge in [-0.05, 0) is 32.1 Å². The summed E-state index contributed by atoms with van der Waals surface area (Å²) in [6, 6.07) is 4.90. The highest BCUT2D eigenvalue weighted by Crippen LogP contribution is 2.34. The lowest BCUT2D eigenvalue weighted by atomic mass is 10.1. The summed E-state index contributed by atoms with van der Waals surface area (Å²) >= 11 is 0. The monoisotopic (exact) mass is 508 g/mol. The number of nitrogens with one attached hydrogen (secondary N) is 5. The number of hydrogen-bond acceptors (Lipinski definition) is 12. The van der Waals surface area contributed by atoms with Crippen LogP contribution in [0.5, 0.6) is 11.5 Å². The van der Waals surface area contributed by atoms with Crippen LogP contribution in [0.1, 0.15) is 6.42 Å². The smallest absolute Gasteiger partial charge is 0.319 e. The van der Waals surface area contributed by atoms with E-state index >= 15 is 0 Å². The second kappa shape index (κ2) is 11.0. The van der Waals surface area contributed by atoms with E-state index < -0.39 is 24.5 Å². The first-order valence-corrected chi connectivity index (χ1v) is 12.3. The Morgan fingerprint density at radius 3 is 2.92 bits per heavy atom. The number of aliphatic hydroxyl groups excluding tert-OH is 2. The van der Waals surface area contributed by atoms with Crippen molar-refractivity contribution >= 4 is 11.7 Å². The van der Waals surface area contributed by atoms with Crippen LogP contribution in [-0.4, -0.2) is 116 Å². The highest BCUT2D eigenvalue weighted by Gasteiger charge is 2.51. The Balaban J connectivity index is 1.03. The van der Waals surface area contributed by atoms with Crippen molar-refractivity contribution < 1.29 is 29.2 Å². The summed E-state index contributed by atoms with van der Waals surface area (Å²) in [6.07, 6.45) is -2.81. The zero-order valence-corrected chi connectivity index (χ0v) is 20.2. The maximum absolute atomic E-state index is 12.2. The molecule has 7 atom stereocenters. The van der Waals surface area contributed by atoms with Gasteiger partial charge in [-0.3, -0.25) is 16.0 Å². The third-order valence-electron chi connectivity index (χ3n) is 7.03. The van der Waals surface area contributed by atoms with Crippen LogP contribution in [0.4, 0.5) is 10.5 Å². The molecule has 1 aromatic carbocycles.